The van der Waals surface area contributed by atoms with Crippen LogP contribution in [0.4, 0.5) is 20.6 Å². The lowest BCUT2D eigenvalue weighted by molar-refractivity contribution is -0.118. The number of ether oxygens (including phenoxy) is 1. The highest BCUT2D eigenvalue weighted by molar-refractivity contribution is 7.80. The zero-order valence-electron chi connectivity index (χ0n) is 20.0. The van der Waals surface area contributed by atoms with Crippen LogP contribution in [-0.2, 0) is 9.53 Å². The average molecular weight is 489 g/mol. The Morgan fingerprint density at radius 1 is 1.09 bits per heavy atom. The predicted molar refractivity (Wildman–Crippen MR) is 138 cm³/mol. The fourth-order valence-electron chi connectivity index (χ4n) is 3.16. The SMILES string of the molecule is CC(=S)NCCCCC(NC(=O)OC(C)(C)C)C(=O)Nc1cc(-c2ccc(F)cc2)ccc1N. The maximum atomic E-state index is 13.3. The monoisotopic (exact) mass is 488 g/mol. The Labute approximate surface area is 205 Å². The quantitative estimate of drug-likeness (QED) is 0.225. The Bertz CT molecular complexity index is 1010. The number of amides is 2. The lowest BCUT2D eigenvalue weighted by Gasteiger charge is -2.23. The van der Waals surface area contributed by atoms with Crippen molar-refractivity contribution < 1.29 is 18.7 Å². The number of unbranched alkanes of at least 4 members (excludes halogenated alkanes) is 1. The number of halogens is 1. The van der Waals surface area contributed by atoms with Gasteiger partial charge < -0.3 is 26.4 Å². The predicted octanol–water partition coefficient (Wildman–Crippen LogP) is 5.01. The van der Waals surface area contributed by atoms with E-state index in [1.54, 1.807) is 58.0 Å². The Balaban J connectivity index is 2.14. The third-order valence-corrected chi connectivity index (χ3v) is 4.93. The lowest BCUT2D eigenvalue weighted by atomic mass is 10.0. The molecule has 2 rings (SSSR count). The molecule has 7 nitrogen and oxygen atoms in total. The summed E-state index contributed by atoms with van der Waals surface area (Å²) in [5.74, 6) is -0.743. The molecule has 1 atom stereocenters. The molecule has 0 saturated heterocycles. The molecule has 2 aromatic rings. The van der Waals surface area contributed by atoms with Crippen molar-refractivity contribution >= 4 is 40.6 Å². The number of hydrogen-bond acceptors (Lipinski definition) is 5. The third-order valence-electron chi connectivity index (χ3n) is 4.79. The summed E-state index contributed by atoms with van der Waals surface area (Å²) >= 11 is 5.00. The Kier molecular flexibility index (Phi) is 9.80. The van der Waals surface area contributed by atoms with Crippen LogP contribution in [0.15, 0.2) is 42.5 Å². The second-order valence-electron chi connectivity index (χ2n) is 8.98. The summed E-state index contributed by atoms with van der Waals surface area (Å²) in [6.45, 7) is 7.75. The van der Waals surface area contributed by atoms with Gasteiger partial charge in [-0.2, -0.15) is 0 Å². The van der Waals surface area contributed by atoms with E-state index in [0.29, 0.717) is 35.7 Å². The lowest BCUT2D eigenvalue weighted by Crippen LogP contribution is -2.45. The number of nitrogens with two attached hydrogens (primary N) is 1. The number of carbonyl (C=O) groups is 2. The van der Waals surface area contributed by atoms with E-state index in [2.05, 4.69) is 16.0 Å². The van der Waals surface area contributed by atoms with Crippen molar-refractivity contribution in [1.29, 1.82) is 0 Å². The van der Waals surface area contributed by atoms with E-state index < -0.39 is 23.6 Å². The minimum atomic E-state index is -0.822. The average Bonchev–Trinajstić information content (AvgIpc) is 2.73. The molecule has 0 heterocycles. The third kappa shape index (κ3) is 9.35. The molecule has 9 heteroatoms. The summed E-state index contributed by atoms with van der Waals surface area (Å²) in [5.41, 5.74) is 7.71. The molecule has 2 amide bonds. The van der Waals surface area contributed by atoms with Gasteiger partial charge in [0.1, 0.15) is 17.5 Å². The fourth-order valence-corrected chi connectivity index (χ4v) is 3.26. The first-order chi connectivity index (χ1) is 15.9. The molecule has 0 aliphatic heterocycles. The molecular weight excluding hydrogens is 455 g/mol. The van der Waals surface area contributed by atoms with Crippen LogP contribution in [0.1, 0.15) is 47.0 Å². The van der Waals surface area contributed by atoms with E-state index >= 15 is 0 Å². The van der Waals surface area contributed by atoms with Gasteiger partial charge in [-0.15, -0.1) is 0 Å². The molecule has 1 unspecified atom stereocenters. The summed E-state index contributed by atoms with van der Waals surface area (Å²) in [6, 6.07) is 10.4. The first-order valence-electron chi connectivity index (χ1n) is 11.1. The first-order valence-corrected chi connectivity index (χ1v) is 11.6. The number of anilines is 2. The van der Waals surface area contributed by atoms with E-state index in [1.807, 2.05) is 0 Å². The second-order valence-corrected chi connectivity index (χ2v) is 9.59. The van der Waals surface area contributed by atoms with E-state index in [1.165, 1.54) is 12.1 Å². The Morgan fingerprint density at radius 2 is 1.74 bits per heavy atom. The van der Waals surface area contributed by atoms with Gasteiger partial charge in [0, 0.05) is 6.54 Å². The van der Waals surface area contributed by atoms with Gasteiger partial charge in [-0.05, 0) is 82.3 Å². The normalized spacial score (nSPS) is 11.9. The largest absolute Gasteiger partial charge is 0.444 e. The smallest absolute Gasteiger partial charge is 0.408 e. The molecular formula is C25H33FN4O3S. The number of benzene rings is 2. The van der Waals surface area contributed by atoms with Crippen LogP contribution in [-0.4, -0.2) is 35.2 Å². The highest BCUT2D eigenvalue weighted by Crippen LogP contribution is 2.28. The molecule has 0 fully saturated rings. The molecule has 0 saturated carbocycles. The number of nitrogen functional groups attached to an aromatic ring is 1. The zero-order chi connectivity index (χ0) is 25.3. The van der Waals surface area contributed by atoms with E-state index in [0.717, 1.165) is 17.5 Å². The van der Waals surface area contributed by atoms with Gasteiger partial charge in [-0.1, -0.05) is 30.4 Å². The summed E-state index contributed by atoms with van der Waals surface area (Å²) in [4.78, 5) is 26.2. The number of alkyl carbamates (subject to hydrolysis) is 1. The number of thiocarbonyl (C=S) groups is 1. The minimum absolute atomic E-state index is 0.334. The minimum Gasteiger partial charge on any atom is -0.444 e. The number of nitrogens with one attached hydrogen (secondary N) is 3. The number of carbonyl (C=O) groups excluding carboxylic acids is 2. The molecule has 5 N–H and O–H groups in total. The van der Waals surface area contributed by atoms with Crippen LogP contribution in [0.5, 0.6) is 0 Å². The fraction of sp³-hybridized carbons (Fsp3) is 0.400. The second kappa shape index (κ2) is 12.3. The van der Waals surface area contributed by atoms with E-state index in [-0.39, 0.29) is 5.82 Å². The van der Waals surface area contributed by atoms with Crippen molar-refractivity contribution in [3.05, 3.63) is 48.3 Å². The molecule has 0 spiro atoms. The molecule has 0 aliphatic rings. The van der Waals surface area contributed by atoms with Crippen molar-refractivity contribution in [3.63, 3.8) is 0 Å². The molecule has 2 aromatic carbocycles. The van der Waals surface area contributed by atoms with Crippen LogP contribution in [0.25, 0.3) is 11.1 Å². The van der Waals surface area contributed by atoms with Gasteiger partial charge in [0.15, 0.2) is 0 Å². The zero-order valence-corrected chi connectivity index (χ0v) is 20.9. The Hall–Kier alpha value is -3.20. The van der Waals surface area contributed by atoms with Gasteiger partial charge >= 0.3 is 6.09 Å². The van der Waals surface area contributed by atoms with Crippen molar-refractivity contribution in [2.75, 3.05) is 17.6 Å². The molecule has 0 bridgehead atoms. The van der Waals surface area contributed by atoms with Crippen molar-refractivity contribution in [1.82, 2.24) is 10.6 Å². The molecule has 0 radical (unpaired) electrons. The van der Waals surface area contributed by atoms with Gasteiger partial charge in [0.25, 0.3) is 0 Å². The highest BCUT2D eigenvalue weighted by atomic mass is 32.1. The maximum Gasteiger partial charge on any atom is 0.408 e. The van der Waals surface area contributed by atoms with Gasteiger partial charge in [0.2, 0.25) is 5.91 Å². The standard InChI is InChI=1S/C25H33FN4O3S/c1-16(34)28-14-6-5-7-21(30-24(32)33-25(2,3)4)23(31)29-22-15-18(10-13-20(22)27)17-8-11-19(26)12-9-17/h8-13,15,21H,5-7,14,27H2,1-4H3,(H,28,34)(H,29,31)(H,30,32). The van der Waals surface area contributed by atoms with Crippen LogP contribution < -0.4 is 21.7 Å². The van der Waals surface area contributed by atoms with E-state index in [9.17, 15) is 14.0 Å². The van der Waals surface area contributed by atoms with Crippen LogP contribution >= 0.6 is 12.2 Å². The van der Waals surface area contributed by atoms with Crippen molar-refractivity contribution in [3.8, 4) is 11.1 Å². The summed E-state index contributed by atoms with van der Waals surface area (Å²) in [6.07, 6.45) is 1.18. The number of rotatable bonds is 9. The summed E-state index contributed by atoms with van der Waals surface area (Å²) < 4.78 is 18.6. The topological polar surface area (TPSA) is 105 Å². The number of hydrogen-bond donors (Lipinski definition) is 4. The molecule has 184 valence electrons. The summed E-state index contributed by atoms with van der Waals surface area (Å²) in [7, 11) is 0. The van der Waals surface area contributed by atoms with Crippen LogP contribution in [0, 0.1) is 5.82 Å². The Morgan fingerprint density at radius 3 is 2.35 bits per heavy atom. The van der Waals surface area contributed by atoms with Crippen molar-refractivity contribution in [2.45, 2.75) is 58.6 Å². The van der Waals surface area contributed by atoms with E-state index in [4.69, 9.17) is 22.7 Å². The first kappa shape index (κ1) is 27.0. The van der Waals surface area contributed by atoms with Gasteiger partial charge in [-0.25, -0.2) is 9.18 Å². The maximum absolute atomic E-state index is 13.3. The van der Waals surface area contributed by atoms with Crippen LogP contribution in [0.2, 0.25) is 0 Å². The molecule has 34 heavy (non-hydrogen) atoms. The van der Waals surface area contributed by atoms with Crippen LogP contribution in [0.3, 0.4) is 0 Å². The molecule has 0 aliphatic carbocycles. The van der Waals surface area contributed by atoms with Crippen molar-refractivity contribution in [2.24, 2.45) is 0 Å². The summed E-state index contributed by atoms with van der Waals surface area (Å²) in [5, 5.41) is 8.55. The van der Waals surface area contributed by atoms with Gasteiger partial charge in [0.05, 0.1) is 16.4 Å². The van der Waals surface area contributed by atoms with Gasteiger partial charge in [-0.3, -0.25) is 4.79 Å². The highest BCUT2D eigenvalue weighted by Gasteiger charge is 2.24. The molecule has 0 aromatic heterocycles.